The molecule has 0 radical (unpaired) electrons. The van der Waals surface area contributed by atoms with Crippen molar-refractivity contribution in [1.29, 1.82) is 0 Å². The van der Waals surface area contributed by atoms with E-state index in [2.05, 4.69) is 17.1 Å². The molecule has 1 saturated heterocycles. The molecule has 1 N–H and O–H groups in total. The summed E-state index contributed by atoms with van der Waals surface area (Å²) >= 11 is 0. The molecule has 0 aromatic carbocycles. The van der Waals surface area contributed by atoms with Crippen molar-refractivity contribution in [3.05, 3.63) is 0 Å². The second-order valence-corrected chi connectivity index (χ2v) is 4.08. The van der Waals surface area contributed by atoms with Crippen LogP contribution in [0.15, 0.2) is 0 Å². The summed E-state index contributed by atoms with van der Waals surface area (Å²) in [6.07, 6.45) is -2.35. The van der Waals surface area contributed by atoms with E-state index in [-0.39, 0.29) is 0 Å². The number of hydrogen-bond acceptors (Lipinski definition) is 3. The Labute approximate surface area is 89.8 Å². The smallest absolute Gasteiger partial charge is 0.261 e. The molecule has 1 unspecified atom stereocenters. The van der Waals surface area contributed by atoms with Crippen LogP contribution in [0.4, 0.5) is 8.78 Å². The minimum absolute atomic E-state index is 0.400. The van der Waals surface area contributed by atoms with Crippen LogP contribution in [-0.2, 0) is 4.74 Å². The first-order chi connectivity index (χ1) is 7.18. The van der Waals surface area contributed by atoms with E-state index in [9.17, 15) is 8.78 Å². The van der Waals surface area contributed by atoms with E-state index >= 15 is 0 Å². The number of nitrogens with zero attached hydrogens (tertiary/aromatic N) is 1. The molecule has 1 atom stereocenters. The highest BCUT2D eigenvalue weighted by Crippen LogP contribution is 2.02. The minimum atomic E-state index is -2.35. The molecule has 0 aromatic heterocycles. The number of alkyl halides is 2. The van der Waals surface area contributed by atoms with Crippen LogP contribution in [0.1, 0.15) is 6.92 Å². The second-order valence-electron chi connectivity index (χ2n) is 4.08. The quantitative estimate of drug-likeness (QED) is 0.697. The van der Waals surface area contributed by atoms with Crippen molar-refractivity contribution < 1.29 is 13.5 Å². The van der Waals surface area contributed by atoms with E-state index in [1.807, 2.05) is 0 Å². The van der Waals surface area contributed by atoms with Gasteiger partial charge in [0, 0.05) is 26.2 Å². The summed E-state index contributed by atoms with van der Waals surface area (Å²) in [6, 6.07) is 0. The van der Waals surface area contributed by atoms with Gasteiger partial charge in [0.05, 0.1) is 6.61 Å². The van der Waals surface area contributed by atoms with Crippen molar-refractivity contribution in [1.82, 2.24) is 10.2 Å². The van der Waals surface area contributed by atoms with Gasteiger partial charge in [0.2, 0.25) is 0 Å². The van der Waals surface area contributed by atoms with E-state index in [4.69, 9.17) is 4.74 Å². The van der Waals surface area contributed by atoms with Gasteiger partial charge in [-0.2, -0.15) is 0 Å². The lowest BCUT2D eigenvalue weighted by Gasteiger charge is -2.21. The topological polar surface area (TPSA) is 24.5 Å². The molecule has 90 valence electrons. The lowest BCUT2D eigenvalue weighted by Crippen LogP contribution is -2.32. The van der Waals surface area contributed by atoms with Gasteiger partial charge < -0.3 is 10.1 Å². The summed E-state index contributed by atoms with van der Waals surface area (Å²) in [6.45, 7) is 6.89. The maximum absolute atomic E-state index is 11.8. The Hall–Kier alpha value is -0.260. The van der Waals surface area contributed by atoms with Crippen molar-refractivity contribution in [3.8, 4) is 0 Å². The normalized spacial score (nSPS) is 24.4. The van der Waals surface area contributed by atoms with Gasteiger partial charge in [-0.15, -0.1) is 0 Å². The third-order valence-corrected chi connectivity index (χ3v) is 2.46. The summed E-state index contributed by atoms with van der Waals surface area (Å²) in [5.74, 6) is 0.614. The van der Waals surface area contributed by atoms with Crippen molar-refractivity contribution >= 4 is 0 Å². The van der Waals surface area contributed by atoms with Crippen molar-refractivity contribution in [2.45, 2.75) is 13.3 Å². The molecule has 0 amide bonds. The van der Waals surface area contributed by atoms with E-state index in [1.165, 1.54) is 0 Å². The van der Waals surface area contributed by atoms with Crippen molar-refractivity contribution in [2.75, 3.05) is 45.9 Å². The molecule has 1 fully saturated rings. The third-order valence-electron chi connectivity index (χ3n) is 2.46. The van der Waals surface area contributed by atoms with E-state index in [0.29, 0.717) is 12.5 Å². The van der Waals surface area contributed by atoms with Gasteiger partial charge in [-0.1, -0.05) is 6.92 Å². The Morgan fingerprint density at radius 3 is 3.07 bits per heavy atom. The summed E-state index contributed by atoms with van der Waals surface area (Å²) < 4.78 is 28.4. The highest BCUT2D eigenvalue weighted by molar-refractivity contribution is 4.70. The lowest BCUT2D eigenvalue weighted by molar-refractivity contribution is 0.00957. The van der Waals surface area contributed by atoms with Crippen LogP contribution < -0.4 is 5.32 Å². The van der Waals surface area contributed by atoms with Crippen LogP contribution in [0.5, 0.6) is 0 Å². The van der Waals surface area contributed by atoms with Crippen LogP contribution >= 0.6 is 0 Å². The minimum Gasteiger partial charge on any atom is -0.374 e. The average molecular weight is 222 g/mol. The molecule has 3 nitrogen and oxygen atoms in total. The van der Waals surface area contributed by atoms with Crippen LogP contribution in [0.3, 0.4) is 0 Å². The lowest BCUT2D eigenvalue weighted by atomic mass is 10.2. The van der Waals surface area contributed by atoms with Crippen molar-refractivity contribution in [2.24, 2.45) is 5.92 Å². The first-order valence-corrected chi connectivity index (χ1v) is 5.47. The molecule has 0 aliphatic carbocycles. The summed E-state index contributed by atoms with van der Waals surface area (Å²) in [5.41, 5.74) is 0. The third kappa shape index (κ3) is 6.02. The average Bonchev–Trinajstić information content (AvgIpc) is 2.37. The van der Waals surface area contributed by atoms with Crippen LogP contribution in [0.25, 0.3) is 0 Å². The number of halogens is 2. The Kier molecular flexibility index (Phi) is 6.05. The molecule has 1 aliphatic rings. The SMILES string of the molecule is CC1CNCCN(CCOCC(F)F)C1. The Morgan fingerprint density at radius 2 is 2.33 bits per heavy atom. The molecular weight excluding hydrogens is 202 g/mol. The standard InChI is InChI=1S/C10H20F2N2O/c1-9-6-13-2-3-14(7-9)4-5-15-8-10(11)12/h9-10,13H,2-8H2,1H3. The van der Waals surface area contributed by atoms with Gasteiger partial charge in [0.15, 0.2) is 0 Å². The van der Waals surface area contributed by atoms with E-state index in [0.717, 1.165) is 32.7 Å². The molecule has 0 spiro atoms. The Morgan fingerprint density at radius 1 is 1.53 bits per heavy atom. The summed E-state index contributed by atoms with van der Waals surface area (Å²) in [5, 5.41) is 3.33. The largest absolute Gasteiger partial charge is 0.374 e. The predicted octanol–water partition coefficient (Wildman–Crippen LogP) is 0.809. The Bertz CT molecular complexity index is 170. The molecule has 0 bridgehead atoms. The molecule has 15 heavy (non-hydrogen) atoms. The second kappa shape index (κ2) is 7.09. The van der Waals surface area contributed by atoms with Gasteiger partial charge in [-0.3, -0.25) is 4.90 Å². The van der Waals surface area contributed by atoms with Crippen LogP contribution in [-0.4, -0.2) is 57.3 Å². The fraction of sp³-hybridized carbons (Fsp3) is 1.00. The molecule has 5 heteroatoms. The first-order valence-electron chi connectivity index (χ1n) is 5.47. The number of nitrogens with one attached hydrogen (secondary N) is 1. The predicted molar refractivity (Wildman–Crippen MR) is 55.3 cm³/mol. The van der Waals surface area contributed by atoms with Gasteiger partial charge >= 0.3 is 0 Å². The van der Waals surface area contributed by atoms with Gasteiger partial charge in [0.1, 0.15) is 6.61 Å². The first kappa shape index (κ1) is 12.8. The molecule has 1 aliphatic heterocycles. The van der Waals surface area contributed by atoms with Gasteiger partial charge in [0.25, 0.3) is 6.43 Å². The zero-order valence-electron chi connectivity index (χ0n) is 9.22. The molecule has 1 rings (SSSR count). The summed E-state index contributed by atoms with van der Waals surface area (Å²) in [7, 11) is 0. The molecule has 0 saturated carbocycles. The fourth-order valence-electron chi connectivity index (χ4n) is 1.75. The number of rotatable bonds is 5. The highest BCUT2D eigenvalue weighted by Gasteiger charge is 2.13. The number of hydrogen-bond donors (Lipinski definition) is 1. The highest BCUT2D eigenvalue weighted by atomic mass is 19.3. The zero-order valence-corrected chi connectivity index (χ0v) is 9.22. The van der Waals surface area contributed by atoms with Crippen molar-refractivity contribution in [3.63, 3.8) is 0 Å². The van der Waals surface area contributed by atoms with Crippen LogP contribution in [0, 0.1) is 5.92 Å². The maximum atomic E-state index is 11.8. The number of ether oxygens (including phenoxy) is 1. The molecule has 0 aromatic rings. The van der Waals surface area contributed by atoms with Gasteiger partial charge in [-0.25, -0.2) is 8.78 Å². The molecular formula is C10H20F2N2O. The maximum Gasteiger partial charge on any atom is 0.261 e. The van der Waals surface area contributed by atoms with E-state index in [1.54, 1.807) is 0 Å². The van der Waals surface area contributed by atoms with Gasteiger partial charge in [-0.05, 0) is 12.5 Å². The van der Waals surface area contributed by atoms with Crippen LogP contribution in [0.2, 0.25) is 0 Å². The van der Waals surface area contributed by atoms with E-state index < -0.39 is 13.0 Å². The molecule has 1 heterocycles. The monoisotopic (exact) mass is 222 g/mol. The summed E-state index contributed by atoms with van der Waals surface area (Å²) in [4.78, 5) is 2.26. The Balaban J connectivity index is 2.08. The zero-order chi connectivity index (χ0) is 11.1. The fourth-order valence-corrected chi connectivity index (χ4v) is 1.75.